The van der Waals surface area contributed by atoms with Crippen molar-refractivity contribution in [2.24, 2.45) is 5.92 Å². The number of phenols is 1. The lowest BCUT2D eigenvalue weighted by molar-refractivity contribution is -0.128. The normalized spacial score (nSPS) is 17.7. The van der Waals surface area contributed by atoms with E-state index >= 15 is 0 Å². The summed E-state index contributed by atoms with van der Waals surface area (Å²) in [4.78, 5) is 25.8. The Kier molecular flexibility index (Phi) is 3.82. The molecule has 1 fully saturated rings. The molecule has 0 spiro atoms. The van der Waals surface area contributed by atoms with Crippen LogP contribution in [0.2, 0.25) is 0 Å². The molecule has 1 aliphatic rings. The number of rotatable bonds is 4. The third-order valence-electron chi connectivity index (χ3n) is 3.67. The van der Waals surface area contributed by atoms with E-state index in [0.717, 1.165) is 0 Å². The molecule has 22 heavy (non-hydrogen) atoms. The van der Waals surface area contributed by atoms with Crippen LogP contribution in [-0.4, -0.2) is 28.4 Å². The summed E-state index contributed by atoms with van der Waals surface area (Å²) in [5.41, 5.74) is 0.351. The molecule has 3 rings (SSSR count). The van der Waals surface area contributed by atoms with Crippen molar-refractivity contribution >= 4 is 17.5 Å². The van der Waals surface area contributed by atoms with E-state index in [4.69, 9.17) is 4.42 Å². The second-order valence-electron chi connectivity index (χ2n) is 5.26. The molecule has 6 nitrogen and oxygen atoms in total. The second-order valence-corrected chi connectivity index (χ2v) is 5.26. The van der Waals surface area contributed by atoms with E-state index in [2.05, 4.69) is 5.32 Å². The van der Waals surface area contributed by atoms with Gasteiger partial charge >= 0.3 is 0 Å². The Morgan fingerprint density at radius 2 is 2.14 bits per heavy atom. The number of para-hydroxylation sites is 2. The van der Waals surface area contributed by atoms with Crippen molar-refractivity contribution in [3.8, 4) is 5.75 Å². The Bertz CT molecular complexity index is 681. The maximum Gasteiger partial charge on any atom is 0.229 e. The van der Waals surface area contributed by atoms with Gasteiger partial charge in [-0.05, 0) is 24.3 Å². The summed E-state index contributed by atoms with van der Waals surface area (Å²) < 4.78 is 5.22. The first-order valence-corrected chi connectivity index (χ1v) is 7.02. The van der Waals surface area contributed by atoms with Crippen LogP contribution >= 0.6 is 0 Å². The van der Waals surface area contributed by atoms with Gasteiger partial charge in [-0.15, -0.1) is 0 Å². The average Bonchev–Trinajstić information content (AvgIpc) is 3.13. The van der Waals surface area contributed by atoms with E-state index in [1.165, 1.54) is 6.07 Å². The van der Waals surface area contributed by atoms with Gasteiger partial charge in [0.25, 0.3) is 0 Å². The predicted octanol–water partition coefficient (Wildman–Crippen LogP) is 1.97. The maximum absolute atomic E-state index is 12.2. The number of benzene rings is 1. The lowest BCUT2D eigenvalue weighted by Crippen LogP contribution is -2.27. The van der Waals surface area contributed by atoms with Crippen LogP contribution in [0, 0.1) is 5.92 Å². The molecule has 0 bridgehead atoms. The highest BCUT2D eigenvalue weighted by atomic mass is 16.3. The molecule has 1 unspecified atom stereocenters. The summed E-state index contributed by atoms with van der Waals surface area (Å²) in [6.07, 6.45) is 1.72. The first kappa shape index (κ1) is 14.2. The molecular weight excluding hydrogens is 284 g/mol. The highest BCUT2D eigenvalue weighted by Gasteiger charge is 2.34. The number of aromatic hydroxyl groups is 1. The van der Waals surface area contributed by atoms with Crippen LogP contribution in [0.4, 0.5) is 5.69 Å². The first-order chi connectivity index (χ1) is 10.6. The van der Waals surface area contributed by atoms with E-state index in [-0.39, 0.29) is 24.0 Å². The Balaban J connectivity index is 1.62. The number of amides is 2. The van der Waals surface area contributed by atoms with Gasteiger partial charge in [0.05, 0.1) is 24.4 Å². The number of nitrogens with one attached hydrogen (secondary N) is 1. The smallest absolute Gasteiger partial charge is 0.229 e. The van der Waals surface area contributed by atoms with E-state index < -0.39 is 5.92 Å². The monoisotopic (exact) mass is 300 g/mol. The zero-order chi connectivity index (χ0) is 15.5. The lowest BCUT2D eigenvalue weighted by Gasteiger charge is -2.15. The van der Waals surface area contributed by atoms with Crippen LogP contribution in [-0.2, 0) is 16.1 Å². The SMILES string of the molecule is O=C(Nc1ccccc1O)C1CC(=O)N(Cc2ccco2)C1. The molecule has 1 saturated heterocycles. The van der Waals surface area contributed by atoms with Gasteiger partial charge in [0, 0.05) is 13.0 Å². The molecule has 2 N–H and O–H groups in total. The third-order valence-corrected chi connectivity index (χ3v) is 3.67. The molecule has 0 aliphatic carbocycles. The van der Waals surface area contributed by atoms with Crippen molar-refractivity contribution in [2.45, 2.75) is 13.0 Å². The van der Waals surface area contributed by atoms with Gasteiger partial charge in [0.15, 0.2) is 0 Å². The number of furan rings is 1. The Morgan fingerprint density at radius 3 is 2.86 bits per heavy atom. The van der Waals surface area contributed by atoms with Crippen molar-refractivity contribution in [1.82, 2.24) is 4.90 Å². The second kappa shape index (κ2) is 5.93. The van der Waals surface area contributed by atoms with Crippen LogP contribution in [0.5, 0.6) is 5.75 Å². The summed E-state index contributed by atoms with van der Waals surface area (Å²) in [5, 5.41) is 12.3. The topological polar surface area (TPSA) is 82.8 Å². The number of nitrogens with zero attached hydrogens (tertiary/aromatic N) is 1. The minimum atomic E-state index is -0.429. The van der Waals surface area contributed by atoms with Crippen molar-refractivity contribution in [3.05, 3.63) is 48.4 Å². The van der Waals surface area contributed by atoms with Gasteiger partial charge in [-0.3, -0.25) is 9.59 Å². The molecule has 2 aromatic rings. The van der Waals surface area contributed by atoms with Crippen molar-refractivity contribution < 1.29 is 19.1 Å². The van der Waals surface area contributed by atoms with Crippen LogP contribution in [0.1, 0.15) is 12.2 Å². The highest BCUT2D eigenvalue weighted by Crippen LogP contribution is 2.25. The van der Waals surface area contributed by atoms with E-state index in [9.17, 15) is 14.7 Å². The van der Waals surface area contributed by atoms with Gasteiger partial charge in [0.1, 0.15) is 11.5 Å². The van der Waals surface area contributed by atoms with Crippen molar-refractivity contribution in [3.63, 3.8) is 0 Å². The van der Waals surface area contributed by atoms with Crippen LogP contribution in [0.15, 0.2) is 47.1 Å². The fourth-order valence-electron chi connectivity index (χ4n) is 2.51. The van der Waals surface area contributed by atoms with Crippen LogP contribution < -0.4 is 5.32 Å². The van der Waals surface area contributed by atoms with Crippen LogP contribution in [0.3, 0.4) is 0 Å². The van der Waals surface area contributed by atoms with Crippen LogP contribution in [0.25, 0.3) is 0 Å². The molecule has 6 heteroatoms. The largest absolute Gasteiger partial charge is 0.506 e. The van der Waals surface area contributed by atoms with Crippen molar-refractivity contribution in [2.75, 3.05) is 11.9 Å². The Morgan fingerprint density at radius 1 is 1.32 bits per heavy atom. The zero-order valence-corrected chi connectivity index (χ0v) is 11.9. The van der Waals surface area contributed by atoms with Gasteiger partial charge in [-0.2, -0.15) is 0 Å². The molecule has 0 radical (unpaired) electrons. The quantitative estimate of drug-likeness (QED) is 0.846. The molecule has 2 heterocycles. The number of phenolic OH excluding ortho intramolecular Hbond substituents is 1. The zero-order valence-electron chi connectivity index (χ0n) is 11.9. The number of anilines is 1. The number of hydrogen-bond donors (Lipinski definition) is 2. The maximum atomic E-state index is 12.2. The molecule has 1 atom stereocenters. The molecule has 1 aromatic carbocycles. The summed E-state index contributed by atoms with van der Waals surface area (Å²) in [6, 6.07) is 10.1. The highest BCUT2D eigenvalue weighted by molar-refractivity contribution is 5.98. The fourth-order valence-corrected chi connectivity index (χ4v) is 2.51. The van der Waals surface area contributed by atoms with E-state index in [0.29, 0.717) is 24.5 Å². The predicted molar refractivity (Wildman–Crippen MR) is 79.0 cm³/mol. The lowest BCUT2D eigenvalue weighted by atomic mass is 10.1. The molecule has 114 valence electrons. The molecule has 1 aliphatic heterocycles. The Hall–Kier alpha value is -2.76. The summed E-state index contributed by atoms with van der Waals surface area (Å²) in [6.45, 7) is 0.713. The number of carbonyl (C=O) groups is 2. The minimum Gasteiger partial charge on any atom is -0.506 e. The first-order valence-electron chi connectivity index (χ1n) is 7.02. The standard InChI is InChI=1S/C16H16N2O4/c19-14-6-2-1-5-13(14)17-16(21)11-8-15(20)18(9-11)10-12-4-3-7-22-12/h1-7,11,19H,8-10H2,(H,17,21). The van der Waals surface area contributed by atoms with Gasteiger partial charge in [0.2, 0.25) is 11.8 Å². The molecule has 2 amide bonds. The third kappa shape index (κ3) is 2.95. The van der Waals surface area contributed by atoms with E-state index in [1.54, 1.807) is 41.5 Å². The van der Waals surface area contributed by atoms with Gasteiger partial charge in [-0.1, -0.05) is 12.1 Å². The number of likely N-dealkylation sites (tertiary alicyclic amines) is 1. The molecule has 0 saturated carbocycles. The van der Waals surface area contributed by atoms with Gasteiger partial charge in [-0.25, -0.2) is 0 Å². The number of carbonyl (C=O) groups excluding carboxylic acids is 2. The van der Waals surface area contributed by atoms with Crippen molar-refractivity contribution in [1.29, 1.82) is 0 Å². The summed E-state index contributed by atoms with van der Waals surface area (Å²) >= 11 is 0. The minimum absolute atomic E-state index is 0.00705. The average molecular weight is 300 g/mol. The molecule has 1 aromatic heterocycles. The van der Waals surface area contributed by atoms with E-state index in [1.807, 2.05) is 0 Å². The molecular formula is C16H16N2O4. The Labute approximate surface area is 127 Å². The summed E-state index contributed by atoms with van der Waals surface area (Å²) in [5.74, 6) is -0.0737. The number of hydrogen-bond acceptors (Lipinski definition) is 4. The van der Waals surface area contributed by atoms with Gasteiger partial charge < -0.3 is 19.7 Å². The summed E-state index contributed by atoms with van der Waals surface area (Å²) in [7, 11) is 0. The fraction of sp³-hybridized carbons (Fsp3) is 0.250.